The Balaban J connectivity index is 1.44. The van der Waals surface area contributed by atoms with Crippen LogP contribution in [0, 0.1) is 0 Å². The molecular weight excluding hydrogens is 670 g/mol. The van der Waals surface area contributed by atoms with Crippen LogP contribution in [0.5, 0.6) is 0 Å². The number of esters is 2. The van der Waals surface area contributed by atoms with Crippen molar-refractivity contribution < 1.29 is 38.0 Å². The number of hydrogen-bond acceptors (Lipinski definition) is 9. The predicted molar refractivity (Wildman–Crippen MR) is 200 cm³/mol. The summed E-state index contributed by atoms with van der Waals surface area (Å²) in [6, 6.07) is 39.2. The molecule has 4 aromatic carbocycles. The van der Waals surface area contributed by atoms with E-state index in [-0.39, 0.29) is 32.0 Å². The lowest BCUT2D eigenvalue weighted by Crippen LogP contribution is -2.44. The van der Waals surface area contributed by atoms with E-state index in [0.717, 1.165) is 22.3 Å². The lowest BCUT2D eigenvalue weighted by Gasteiger charge is -2.35. The van der Waals surface area contributed by atoms with Gasteiger partial charge in [-0.15, -0.1) is 0 Å². The number of nitrogens with one attached hydrogen (secondary N) is 1. The predicted octanol–water partition coefficient (Wildman–Crippen LogP) is 7.18. The summed E-state index contributed by atoms with van der Waals surface area (Å²) in [4.78, 5) is 27.9. The van der Waals surface area contributed by atoms with Gasteiger partial charge in [0.25, 0.3) is 0 Å². The number of allylic oxidation sites excluding steroid dienone is 1. The second-order valence-corrected chi connectivity index (χ2v) is 12.9. The van der Waals surface area contributed by atoms with Gasteiger partial charge in [-0.2, -0.15) is 0 Å². The molecule has 1 unspecified atom stereocenters. The molecule has 0 aromatic heterocycles. The number of ether oxygens (including phenoxy) is 6. The minimum Gasteiger partial charge on any atom is -0.463 e. The first-order valence-corrected chi connectivity index (χ1v) is 18.2. The van der Waals surface area contributed by atoms with Crippen LogP contribution in [0.4, 0.5) is 0 Å². The number of hydrogen-bond donors (Lipinski definition) is 1. The van der Waals surface area contributed by atoms with Crippen LogP contribution in [-0.2, 0) is 57.8 Å². The average molecular weight is 718 g/mol. The van der Waals surface area contributed by atoms with Gasteiger partial charge in [-0.1, -0.05) is 121 Å². The molecule has 5 atom stereocenters. The molecule has 276 valence electrons. The van der Waals surface area contributed by atoms with Gasteiger partial charge in [0, 0.05) is 5.70 Å². The van der Waals surface area contributed by atoms with Crippen LogP contribution in [-0.4, -0.2) is 56.2 Å². The van der Waals surface area contributed by atoms with Crippen LogP contribution in [0.15, 0.2) is 144 Å². The first kappa shape index (κ1) is 37.7. The third-order valence-electron chi connectivity index (χ3n) is 9.28. The van der Waals surface area contributed by atoms with Crippen LogP contribution in [0.25, 0.3) is 0 Å². The van der Waals surface area contributed by atoms with Crippen LogP contribution >= 0.6 is 0 Å². The van der Waals surface area contributed by atoms with Crippen molar-refractivity contribution >= 4 is 11.9 Å². The summed E-state index contributed by atoms with van der Waals surface area (Å²) in [6.07, 6.45) is -2.74. The van der Waals surface area contributed by atoms with Crippen LogP contribution in [0.1, 0.15) is 48.9 Å². The van der Waals surface area contributed by atoms with E-state index in [0.29, 0.717) is 30.2 Å². The molecule has 9 nitrogen and oxygen atoms in total. The molecule has 2 heterocycles. The van der Waals surface area contributed by atoms with Crippen molar-refractivity contribution in [3.05, 3.63) is 166 Å². The maximum absolute atomic E-state index is 14.2. The summed E-state index contributed by atoms with van der Waals surface area (Å²) in [5.74, 6) is -1.90. The first-order chi connectivity index (χ1) is 26.0. The minimum atomic E-state index is -0.839. The van der Waals surface area contributed by atoms with Crippen molar-refractivity contribution in [2.45, 2.75) is 70.9 Å². The lowest BCUT2D eigenvalue weighted by atomic mass is 9.79. The topological polar surface area (TPSA) is 102 Å². The fourth-order valence-electron chi connectivity index (χ4n) is 6.85. The summed E-state index contributed by atoms with van der Waals surface area (Å²) in [7, 11) is 0. The van der Waals surface area contributed by atoms with E-state index in [2.05, 4.69) is 5.32 Å². The van der Waals surface area contributed by atoms with Crippen molar-refractivity contribution in [2.75, 3.05) is 19.8 Å². The van der Waals surface area contributed by atoms with Gasteiger partial charge in [0.2, 0.25) is 0 Å². The van der Waals surface area contributed by atoms with Gasteiger partial charge in [0.1, 0.15) is 24.4 Å². The number of dihydropyridines is 1. The Morgan fingerprint density at radius 2 is 1.09 bits per heavy atom. The molecule has 6 rings (SSSR count). The maximum Gasteiger partial charge on any atom is 0.336 e. The highest BCUT2D eigenvalue weighted by Gasteiger charge is 2.51. The molecule has 1 N–H and O–H groups in total. The highest BCUT2D eigenvalue weighted by atomic mass is 16.6. The second kappa shape index (κ2) is 18.6. The SMILES string of the molecule is CCOC(=O)C1=C(C)NC([C@@H]2O[C@H](COCc3ccccc3)[C@@H](OCc3ccccc3)[C@H]2OCc2ccccc2)=C(C(=O)OCC)C1c1ccccc1. The average Bonchev–Trinajstić information content (AvgIpc) is 3.54. The summed E-state index contributed by atoms with van der Waals surface area (Å²) in [5, 5.41) is 3.42. The van der Waals surface area contributed by atoms with Crippen LogP contribution in [0.2, 0.25) is 0 Å². The molecule has 0 aliphatic carbocycles. The molecule has 4 aromatic rings. The van der Waals surface area contributed by atoms with E-state index < -0.39 is 42.3 Å². The van der Waals surface area contributed by atoms with E-state index in [4.69, 9.17) is 28.4 Å². The highest BCUT2D eigenvalue weighted by molar-refractivity contribution is 6.00. The van der Waals surface area contributed by atoms with Gasteiger partial charge in [0.05, 0.1) is 62.4 Å². The first-order valence-electron chi connectivity index (χ1n) is 18.2. The lowest BCUT2D eigenvalue weighted by molar-refractivity contribution is -0.139. The second-order valence-electron chi connectivity index (χ2n) is 12.9. The fraction of sp³-hybridized carbons (Fsp3) is 0.318. The Labute approximate surface area is 311 Å². The molecule has 2 aliphatic rings. The van der Waals surface area contributed by atoms with E-state index in [1.165, 1.54) is 0 Å². The minimum absolute atomic E-state index is 0.132. The third kappa shape index (κ3) is 9.30. The smallest absolute Gasteiger partial charge is 0.336 e. The number of carbonyl (C=O) groups excluding carboxylic acids is 2. The number of carbonyl (C=O) groups is 2. The molecule has 0 bridgehead atoms. The molecule has 1 fully saturated rings. The Hall–Kier alpha value is -5.06. The molecule has 0 amide bonds. The van der Waals surface area contributed by atoms with Gasteiger partial charge >= 0.3 is 11.9 Å². The summed E-state index contributed by atoms with van der Waals surface area (Å²) < 4.78 is 38.0. The zero-order valence-electron chi connectivity index (χ0n) is 30.4. The Bertz CT molecular complexity index is 1850. The largest absolute Gasteiger partial charge is 0.463 e. The van der Waals surface area contributed by atoms with Crippen molar-refractivity contribution in [3.8, 4) is 0 Å². The quantitative estimate of drug-likeness (QED) is 0.121. The van der Waals surface area contributed by atoms with E-state index in [1.807, 2.05) is 128 Å². The highest BCUT2D eigenvalue weighted by Crippen LogP contribution is 2.43. The Morgan fingerprint density at radius 1 is 0.623 bits per heavy atom. The monoisotopic (exact) mass is 717 g/mol. The van der Waals surface area contributed by atoms with Gasteiger partial charge in [-0.05, 0) is 43.0 Å². The third-order valence-corrected chi connectivity index (χ3v) is 9.28. The molecule has 1 saturated heterocycles. The summed E-state index contributed by atoms with van der Waals surface area (Å²) in [6.45, 7) is 6.77. The summed E-state index contributed by atoms with van der Waals surface area (Å²) in [5.41, 5.74) is 5.27. The van der Waals surface area contributed by atoms with Crippen LogP contribution < -0.4 is 5.32 Å². The fourth-order valence-corrected chi connectivity index (χ4v) is 6.85. The number of benzene rings is 4. The Morgan fingerprint density at radius 3 is 1.62 bits per heavy atom. The molecule has 0 radical (unpaired) electrons. The molecule has 53 heavy (non-hydrogen) atoms. The number of rotatable bonds is 16. The zero-order chi connectivity index (χ0) is 37.0. The van der Waals surface area contributed by atoms with Crippen LogP contribution in [0.3, 0.4) is 0 Å². The van der Waals surface area contributed by atoms with E-state index in [9.17, 15) is 9.59 Å². The van der Waals surface area contributed by atoms with Gasteiger partial charge in [-0.3, -0.25) is 0 Å². The summed E-state index contributed by atoms with van der Waals surface area (Å²) >= 11 is 0. The van der Waals surface area contributed by atoms with Crippen molar-refractivity contribution in [1.29, 1.82) is 0 Å². The van der Waals surface area contributed by atoms with E-state index >= 15 is 0 Å². The molecule has 0 spiro atoms. The van der Waals surface area contributed by atoms with Gasteiger partial charge < -0.3 is 33.7 Å². The van der Waals surface area contributed by atoms with Crippen molar-refractivity contribution in [1.82, 2.24) is 5.32 Å². The molecule has 0 saturated carbocycles. The van der Waals surface area contributed by atoms with Gasteiger partial charge in [-0.25, -0.2) is 9.59 Å². The van der Waals surface area contributed by atoms with Crippen molar-refractivity contribution in [3.63, 3.8) is 0 Å². The maximum atomic E-state index is 14.2. The van der Waals surface area contributed by atoms with Crippen molar-refractivity contribution in [2.24, 2.45) is 0 Å². The molecule has 2 aliphatic heterocycles. The van der Waals surface area contributed by atoms with E-state index in [1.54, 1.807) is 13.8 Å². The Kier molecular flexibility index (Phi) is 13.2. The normalized spacial score (nSPS) is 21.3. The van der Waals surface area contributed by atoms with Gasteiger partial charge in [0.15, 0.2) is 0 Å². The zero-order valence-corrected chi connectivity index (χ0v) is 30.4. The molecule has 9 heteroatoms. The molecular formula is C44H47NO8. The standard InChI is InChI=1S/C44H47NO8/c1-4-49-43(46)36-30(3)45-39(38(44(47)50-5-2)37(36)34-24-16-9-17-25-34)41-42(52-28-33-22-14-8-15-23-33)40(51-27-32-20-12-7-13-21-32)35(53-41)29-48-26-31-18-10-6-11-19-31/h6-25,35,37,40-42,45H,4-5,26-29H2,1-3H3/t35-,37?,40-,41+,42-/m1/s1.